The lowest BCUT2D eigenvalue weighted by Crippen LogP contribution is -2.30. The Morgan fingerprint density at radius 2 is 2.04 bits per heavy atom. The number of aliphatic carboxylic acids is 1. The van der Waals surface area contributed by atoms with E-state index in [1.165, 1.54) is 16.7 Å². The van der Waals surface area contributed by atoms with Gasteiger partial charge in [-0.1, -0.05) is 55.9 Å². The second kappa shape index (κ2) is 9.58. The van der Waals surface area contributed by atoms with Crippen LogP contribution in [0.4, 0.5) is 0 Å². The van der Waals surface area contributed by atoms with E-state index in [1.807, 2.05) is 24.3 Å². The first-order chi connectivity index (χ1) is 12.0. The molecule has 0 aromatic heterocycles. The third kappa shape index (κ3) is 5.86. The van der Waals surface area contributed by atoms with E-state index < -0.39 is 5.97 Å². The molecule has 1 heterocycles. The Balaban J connectivity index is 1.96. The molecule has 1 aliphatic heterocycles. The molecule has 0 bridgehead atoms. The number of ether oxygens (including phenoxy) is 1. The molecular weight excluding hydrogens is 358 g/mol. The summed E-state index contributed by atoms with van der Waals surface area (Å²) in [5.74, 6) is -0.383. The number of thiocarbonyl (C=S) groups is 1. The van der Waals surface area contributed by atoms with Crippen molar-refractivity contribution < 1.29 is 19.4 Å². The molecule has 7 heteroatoms. The van der Waals surface area contributed by atoms with Gasteiger partial charge in [0, 0.05) is 6.54 Å². The van der Waals surface area contributed by atoms with Gasteiger partial charge in [0.1, 0.15) is 10.1 Å². The van der Waals surface area contributed by atoms with Gasteiger partial charge in [-0.05, 0) is 30.2 Å². The number of amides is 1. The summed E-state index contributed by atoms with van der Waals surface area (Å²) < 4.78 is 6.06. The lowest BCUT2D eigenvalue weighted by molar-refractivity contribution is -0.137. The minimum atomic E-state index is -0.951. The monoisotopic (exact) mass is 379 g/mol. The summed E-state index contributed by atoms with van der Waals surface area (Å²) in [6.45, 7) is 2.95. The highest BCUT2D eigenvalue weighted by Gasteiger charge is 2.31. The molecule has 1 fully saturated rings. The van der Waals surface area contributed by atoms with E-state index in [0.29, 0.717) is 15.8 Å². The molecule has 5 nitrogen and oxygen atoms in total. The van der Waals surface area contributed by atoms with Crippen LogP contribution in [0.2, 0.25) is 0 Å². The summed E-state index contributed by atoms with van der Waals surface area (Å²) in [5.41, 5.74) is 0.875. The largest absolute Gasteiger partial charge is 0.494 e. The second-order valence-corrected chi connectivity index (χ2v) is 7.28. The van der Waals surface area contributed by atoms with Crippen LogP contribution in [0.15, 0.2) is 29.2 Å². The van der Waals surface area contributed by atoms with Crippen molar-refractivity contribution in [3.05, 3.63) is 34.7 Å². The third-order valence-corrected chi connectivity index (χ3v) is 5.00. The van der Waals surface area contributed by atoms with Crippen molar-refractivity contribution in [1.82, 2.24) is 4.90 Å². The molecule has 1 aromatic rings. The minimum Gasteiger partial charge on any atom is -0.494 e. The molecule has 134 valence electrons. The summed E-state index contributed by atoms with van der Waals surface area (Å²) in [6.07, 6.45) is 5.00. The summed E-state index contributed by atoms with van der Waals surface area (Å²) in [4.78, 5) is 24.8. The fourth-order valence-corrected chi connectivity index (χ4v) is 3.56. The van der Waals surface area contributed by atoms with Crippen molar-refractivity contribution in [2.24, 2.45) is 0 Å². The minimum absolute atomic E-state index is 0.0991. The number of hydrogen-bond acceptors (Lipinski definition) is 5. The number of carbonyl (C=O) groups is 2. The summed E-state index contributed by atoms with van der Waals surface area (Å²) in [6, 6.07) is 7.53. The highest BCUT2D eigenvalue weighted by Crippen LogP contribution is 2.32. The van der Waals surface area contributed by atoms with Crippen molar-refractivity contribution in [3.8, 4) is 5.75 Å². The molecule has 25 heavy (non-hydrogen) atoms. The molecule has 1 aromatic carbocycles. The standard InChI is InChI=1S/C18H21NO4S2/c1-2-3-4-11-23-14-7-5-13(6-8-14)12-15-17(22)19(18(24)25-15)10-9-16(20)21/h5-8,12H,2-4,9-11H2,1H3,(H,20,21)/b15-12-. The Kier molecular flexibility index (Phi) is 7.46. The fourth-order valence-electron chi connectivity index (χ4n) is 2.25. The second-order valence-electron chi connectivity index (χ2n) is 5.60. The Morgan fingerprint density at radius 3 is 2.68 bits per heavy atom. The van der Waals surface area contributed by atoms with E-state index in [4.69, 9.17) is 22.1 Å². The topological polar surface area (TPSA) is 66.8 Å². The molecule has 0 saturated carbocycles. The van der Waals surface area contributed by atoms with Gasteiger partial charge in [-0.25, -0.2) is 0 Å². The van der Waals surface area contributed by atoms with Gasteiger partial charge >= 0.3 is 5.97 Å². The Hall–Kier alpha value is -1.86. The van der Waals surface area contributed by atoms with E-state index in [9.17, 15) is 9.59 Å². The van der Waals surface area contributed by atoms with Gasteiger partial charge < -0.3 is 9.84 Å². The summed E-state index contributed by atoms with van der Waals surface area (Å²) >= 11 is 6.36. The zero-order valence-electron chi connectivity index (χ0n) is 14.1. The van der Waals surface area contributed by atoms with Gasteiger partial charge in [0.15, 0.2) is 0 Å². The van der Waals surface area contributed by atoms with Crippen LogP contribution in [0.1, 0.15) is 38.2 Å². The number of benzene rings is 1. The number of nitrogens with zero attached hydrogens (tertiary/aromatic N) is 1. The first-order valence-electron chi connectivity index (χ1n) is 8.21. The fraction of sp³-hybridized carbons (Fsp3) is 0.389. The van der Waals surface area contributed by atoms with Gasteiger partial charge in [0.25, 0.3) is 5.91 Å². The lowest BCUT2D eigenvalue weighted by atomic mass is 10.2. The predicted molar refractivity (Wildman–Crippen MR) is 104 cm³/mol. The predicted octanol–water partition coefficient (Wildman–Crippen LogP) is 3.93. The van der Waals surface area contributed by atoms with Gasteiger partial charge in [-0.2, -0.15) is 0 Å². The number of carbonyl (C=O) groups excluding carboxylic acids is 1. The molecule has 1 N–H and O–H groups in total. The lowest BCUT2D eigenvalue weighted by Gasteiger charge is -2.12. The van der Waals surface area contributed by atoms with Crippen molar-refractivity contribution in [3.63, 3.8) is 0 Å². The van der Waals surface area contributed by atoms with Gasteiger partial charge in [-0.3, -0.25) is 14.5 Å². The van der Waals surface area contributed by atoms with Gasteiger partial charge in [0.2, 0.25) is 0 Å². The molecule has 0 unspecified atom stereocenters. The van der Waals surface area contributed by atoms with Crippen LogP contribution in [0, 0.1) is 0 Å². The quantitative estimate of drug-likeness (QED) is 0.398. The van der Waals surface area contributed by atoms with Crippen LogP contribution in [0.25, 0.3) is 6.08 Å². The zero-order chi connectivity index (χ0) is 18.2. The Bertz CT molecular complexity index is 670. The molecule has 0 spiro atoms. The van der Waals surface area contributed by atoms with Crippen LogP contribution < -0.4 is 4.74 Å². The maximum Gasteiger partial charge on any atom is 0.305 e. The van der Waals surface area contributed by atoms with E-state index in [1.54, 1.807) is 6.08 Å². The van der Waals surface area contributed by atoms with Crippen LogP contribution >= 0.6 is 24.0 Å². The average molecular weight is 380 g/mol. The third-order valence-electron chi connectivity index (χ3n) is 3.62. The average Bonchev–Trinajstić information content (AvgIpc) is 2.85. The molecular formula is C18H21NO4S2. The molecule has 0 atom stereocenters. The molecule has 1 aliphatic rings. The Labute approximate surface area is 157 Å². The first-order valence-corrected chi connectivity index (χ1v) is 9.43. The molecule has 0 radical (unpaired) electrons. The van der Waals surface area contributed by atoms with Crippen LogP contribution in [0.5, 0.6) is 5.75 Å². The van der Waals surface area contributed by atoms with Crippen molar-refractivity contribution in [2.75, 3.05) is 13.2 Å². The van der Waals surface area contributed by atoms with Crippen molar-refractivity contribution in [2.45, 2.75) is 32.6 Å². The number of thioether (sulfide) groups is 1. The SMILES string of the molecule is CCCCCOc1ccc(/C=C2\SC(=S)N(CCC(=O)O)C2=O)cc1. The van der Waals surface area contributed by atoms with E-state index >= 15 is 0 Å². The number of unbranched alkanes of at least 4 members (excludes halogenated alkanes) is 2. The number of rotatable bonds is 9. The van der Waals surface area contributed by atoms with Gasteiger partial charge in [-0.15, -0.1) is 0 Å². The number of carboxylic acid groups (broad SMARTS) is 1. The van der Waals surface area contributed by atoms with E-state index in [-0.39, 0.29) is 18.9 Å². The zero-order valence-corrected chi connectivity index (χ0v) is 15.7. The number of carboxylic acids is 1. The summed E-state index contributed by atoms with van der Waals surface area (Å²) in [5, 5.41) is 8.75. The maximum absolute atomic E-state index is 12.3. The Morgan fingerprint density at radius 1 is 1.32 bits per heavy atom. The molecule has 2 rings (SSSR count). The van der Waals surface area contributed by atoms with Crippen LogP contribution in [-0.4, -0.2) is 39.4 Å². The van der Waals surface area contributed by atoms with E-state index in [0.717, 1.165) is 30.6 Å². The van der Waals surface area contributed by atoms with Crippen molar-refractivity contribution in [1.29, 1.82) is 0 Å². The normalized spacial score (nSPS) is 15.9. The van der Waals surface area contributed by atoms with E-state index in [2.05, 4.69) is 6.92 Å². The smallest absolute Gasteiger partial charge is 0.305 e. The maximum atomic E-state index is 12.3. The van der Waals surface area contributed by atoms with Crippen LogP contribution in [-0.2, 0) is 9.59 Å². The number of hydrogen-bond donors (Lipinski definition) is 1. The highest BCUT2D eigenvalue weighted by atomic mass is 32.2. The first kappa shape index (κ1) is 19.5. The summed E-state index contributed by atoms with van der Waals surface area (Å²) in [7, 11) is 0. The molecule has 0 aliphatic carbocycles. The van der Waals surface area contributed by atoms with Crippen LogP contribution in [0.3, 0.4) is 0 Å². The molecule has 1 amide bonds. The van der Waals surface area contributed by atoms with Crippen molar-refractivity contribution >= 4 is 46.3 Å². The van der Waals surface area contributed by atoms with Gasteiger partial charge in [0.05, 0.1) is 17.9 Å². The molecule has 1 saturated heterocycles. The highest BCUT2D eigenvalue weighted by molar-refractivity contribution is 8.26.